The van der Waals surface area contributed by atoms with Crippen LogP contribution in [0.25, 0.3) is 0 Å². The molecule has 0 aliphatic rings. The van der Waals surface area contributed by atoms with Gasteiger partial charge in [-0.25, -0.2) is 4.39 Å². The summed E-state index contributed by atoms with van der Waals surface area (Å²) in [7, 11) is 0. The Hall–Kier alpha value is -1.91. The second-order valence-electron chi connectivity index (χ2n) is 5.67. The van der Waals surface area contributed by atoms with Gasteiger partial charge < -0.3 is 10.2 Å². The van der Waals surface area contributed by atoms with E-state index < -0.39 is 11.9 Å². The molecule has 1 aromatic rings. The molecule has 0 fully saturated rings. The minimum atomic E-state index is -0.558. The van der Waals surface area contributed by atoms with Gasteiger partial charge in [-0.15, -0.1) is 0 Å². The zero-order chi connectivity index (χ0) is 16.7. The number of rotatable bonds is 7. The van der Waals surface area contributed by atoms with Gasteiger partial charge in [0.25, 0.3) is 5.91 Å². The van der Waals surface area contributed by atoms with E-state index in [4.69, 9.17) is 0 Å². The van der Waals surface area contributed by atoms with Crippen LogP contribution in [0.5, 0.6) is 0 Å². The summed E-state index contributed by atoms with van der Waals surface area (Å²) in [5, 5.41) is 2.78. The molecule has 0 saturated heterocycles. The summed E-state index contributed by atoms with van der Waals surface area (Å²) in [6.45, 7) is 9.05. The smallest absolute Gasteiger partial charge is 0.251 e. The SMILES string of the molecule is CCN(CC)C(=O)[C@H](CC(C)C)NC(=O)c1ccc(F)cc1. The molecule has 1 rings (SSSR count). The van der Waals surface area contributed by atoms with Gasteiger partial charge in [0.15, 0.2) is 0 Å². The fourth-order valence-corrected chi connectivity index (χ4v) is 2.29. The van der Waals surface area contributed by atoms with E-state index in [2.05, 4.69) is 5.32 Å². The molecule has 0 aliphatic carbocycles. The number of halogens is 1. The first-order valence-electron chi connectivity index (χ1n) is 7.74. The van der Waals surface area contributed by atoms with Crippen molar-refractivity contribution >= 4 is 11.8 Å². The number of amides is 2. The first kappa shape index (κ1) is 18.1. The van der Waals surface area contributed by atoms with Crippen molar-refractivity contribution in [2.45, 2.75) is 40.2 Å². The highest BCUT2D eigenvalue weighted by Crippen LogP contribution is 2.10. The van der Waals surface area contributed by atoms with E-state index in [1.165, 1.54) is 24.3 Å². The molecule has 0 saturated carbocycles. The Morgan fingerprint density at radius 2 is 1.68 bits per heavy atom. The highest BCUT2D eigenvalue weighted by atomic mass is 19.1. The van der Waals surface area contributed by atoms with Crippen LogP contribution >= 0.6 is 0 Å². The van der Waals surface area contributed by atoms with Crippen LogP contribution < -0.4 is 5.32 Å². The molecule has 4 nitrogen and oxygen atoms in total. The van der Waals surface area contributed by atoms with Crippen molar-refractivity contribution in [1.82, 2.24) is 10.2 Å². The molecule has 1 N–H and O–H groups in total. The Labute approximate surface area is 131 Å². The molecule has 122 valence electrons. The van der Waals surface area contributed by atoms with Gasteiger partial charge in [-0.05, 0) is 50.5 Å². The lowest BCUT2D eigenvalue weighted by atomic mass is 10.0. The van der Waals surface area contributed by atoms with E-state index in [-0.39, 0.29) is 17.7 Å². The lowest BCUT2D eigenvalue weighted by Gasteiger charge is -2.27. The predicted octanol–water partition coefficient (Wildman–Crippen LogP) is 2.84. The topological polar surface area (TPSA) is 49.4 Å². The molecule has 2 amide bonds. The lowest BCUT2D eigenvalue weighted by Crippen LogP contribution is -2.49. The standard InChI is InChI=1S/C17H25FN2O2/c1-5-20(6-2)17(22)15(11-12(3)4)19-16(21)13-7-9-14(18)10-8-13/h7-10,12,15H,5-6,11H2,1-4H3,(H,19,21)/t15-/m0/s1. The van der Waals surface area contributed by atoms with Crippen LogP contribution in [-0.2, 0) is 4.79 Å². The molecule has 0 spiro atoms. The molecule has 0 aromatic heterocycles. The first-order valence-corrected chi connectivity index (χ1v) is 7.74. The Bertz CT molecular complexity index is 496. The Morgan fingerprint density at radius 3 is 2.14 bits per heavy atom. The first-order chi connectivity index (χ1) is 10.4. The molecular formula is C17H25FN2O2. The number of carbonyl (C=O) groups is 2. The maximum absolute atomic E-state index is 12.9. The molecular weight excluding hydrogens is 283 g/mol. The van der Waals surface area contributed by atoms with E-state index in [1.54, 1.807) is 4.90 Å². The van der Waals surface area contributed by atoms with E-state index in [0.717, 1.165) is 0 Å². The monoisotopic (exact) mass is 308 g/mol. The summed E-state index contributed by atoms with van der Waals surface area (Å²) in [5.41, 5.74) is 0.350. The molecule has 1 atom stereocenters. The van der Waals surface area contributed by atoms with Crippen molar-refractivity contribution in [3.63, 3.8) is 0 Å². The number of likely N-dealkylation sites (N-methyl/N-ethyl adjacent to an activating group) is 1. The van der Waals surface area contributed by atoms with Gasteiger partial charge in [0.2, 0.25) is 5.91 Å². The second kappa shape index (κ2) is 8.51. The van der Waals surface area contributed by atoms with Gasteiger partial charge in [0.1, 0.15) is 11.9 Å². The fourth-order valence-electron chi connectivity index (χ4n) is 2.29. The average Bonchev–Trinajstić information content (AvgIpc) is 2.47. The van der Waals surface area contributed by atoms with E-state index in [9.17, 15) is 14.0 Å². The van der Waals surface area contributed by atoms with Gasteiger partial charge >= 0.3 is 0 Å². The fraction of sp³-hybridized carbons (Fsp3) is 0.529. The minimum absolute atomic E-state index is 0.0749. The van der Waals surface area contributed by atoms with Crippen molar-refractivity contribution < 1.29 is 14.0 Å². The van der Waals surface area contributed by atoms with Gasteiger partial charge in [-0.3, -0.25) is 9.59 Å². The van der Waals surface area contributed by atoms with Crippen LogP contribution in [0.15, 0.2) is 24.3 Å². The predicted molar refractivity (Wildman–Crippen MR) is 85.0 cm³/mol. The Kier molecular flexibility index (Phi) is 7.02. The Morgan fingerprint density at radius 1 is 1.14 bits per heavy atom. The van der Waals surface area contributed by atoms with E-state index in [1.807, 2.05) is 27.7 Å². The van der Waals surface area contributed by atoms with Crippen molar-refractivity contribution in [2.75, 3.05) is 13.1 Å². The van der Waals surface area contributed by atoms with Crippen LogP contribution in [0.1, 0.15) is 44.5 Å². The average molecular weight is 308 g/mol. The zero-order valence-corrected chi connectivity index (χ0v) is 13.7. The molecule has 0 unspecified atom stereocenters. The summed E-state index contributed by atoms with van der Waals surface area (Å²) in [6.07, 6.45) is 0.572. The third-order valence-corrected chi connectivity index (χ3v) is 3.49. The number of nitrogens with one attached hydrogen (secondary N) is 1. The summed E-state index contributed by atoms with van der Waals surface area (Å²) < 4.78 is 12.9. The van der Waals surface area contributed by atoms with Gasteiger partial charge in [0.05, 0.1) is 0 Å². The maximum atomic E-state index is 12.9. The van der Waals surface area contributed by atoms with Gasteiger partial charge in [-0.1, -0.05) is 13.8 Å². The maximum Gasteiger partial charge on any atom is 0.251 e. The molecule has 1 aromatic carbocycles. The molecule has 0 radical (unpaired) electrons. The van der Waals surface area contributed by atoms with E-state index >= 15 is 0 Å². The van der Waals surface area contributed by atoms with Crippen molar-refractivity contribution in [2.24, 2.45) is 5.92 Å². The molecule has 0 aliphatic heterocycles. The summed E-state index contributed by atoms with van der Waals surface area (Å²) in [5.74, 6) is -0.548. The molecule has 22 heavy (non-hydrogen) atoms. The summed E-state index contributed by atoms with van der Waals surface area (Å²) in [4.78, 5) is 26.5. The number of nitrogens with zero attached hydrogens (tertiary/aromatic N) is 1. The van der Waals surface area contributed by atoms with Crippen LogP contribution in [0.3, 0.4) is 0 Å². The quantitative estimate of drug-likeness (QED) is 0.842. The van der Waals surface area contributed by atoms with Crippen LogP contribution in [0, 0.1) is 11.7 Å². The van der Waals surface area contributed by atoms with Gasteiger partial charge in [-0.2, -0.15) is 0 Å². The van der Waals surface area contributed by atoms with Crippen molar-refractivity contribution in [3.8, 4) is 0 Å². The normalized spacial score (nSPS) is 12.1. The second-order valence-corrected chi connectivity index (χ2v) is 5.67. The molecule has 0 heterocycles. The largest absolute Gasteiger partial charge is 0.341 e. The summed E-state index contributed by atoms with van der Waals surface area (Å²) in [6, 6.07) is 4.74. The minimum Gasteiger partial charge on any atom is -0.341 e. The number of hydrogen-bond acceptors (Lipinski definition) is 2. The van der Waals surface area contributed by atoms with Crippen LogP contribution in [0.2, 0.25) is 0 Å². The number of hydrogen-bond donors (Lipinski definition) is 1. The highest BCUT2D eigenvalue weighted by Gasteiger charge is 2.25. The highest BCUT2D eigenvalue weighted by molar-refractivity contribution is 5.97. The van der Waals surface area contributed by atoms with Crippen LogP contribution in [-0.4, -0.2) is 35.8 Å². The third-order valence-electron chi connectivity index (χ3n) is 3.49. The van der Waals surface area contributed by atoms with Crippen LogP contribution in [0.4, 0.5) is 4.39 Å². The lowest BCUT2D eigenvalue weighted by molar-refractivity contribution is -0.133. The van der Waals surface area contributed by atoms with Crippen molar-refractivity contribution in [3.05, 3.63) is 35.6 Å². The summed E-state index contributed by atoms with van der Waals surface area (Å²) >= 11 is 0. The third kappa shape index (κ3) is 5.13. The molecule has 5 heteroatoms. The Balaban J connectivity index is 2.86. The number of benzene rings is 1. The van der Waals surface area contributed by atoms with Gasteiger partial charge in [0, 0.05) is 18.7 Å². The zero-order valence-electron chi connectivity index (χ0n) is 13.7. The molecule has 0 bridgehead atoms. The number of carbonyl (C=O) groups excluding carboxylic acids is 2. The van der Waals surface area contributed by atoms with Crippen molar-refractivity contribution in [1.29, 1.82) is 0 Å². The van der Waals surface area contributed by atoms with E-state index in [0.29, 0.717) is 25.1 Å².